The van der Waals surface area contributed by atoms with E-state index in [1.165, 1.54) is 156 Å². The van der Waals surface area contributed by atoms with Gasteiger partial charge in [0.1, 0.15) is 0 Å². The van der Waals surface area contributed by atoms with Gasteiger partial charge < -0.3 is 24.8 Å². The van der Waals surface area contributed by atoms with Crippen LogP contribution in [0.4, 0.5) is 0 Å². The molecule has 8 rings (SSSR count). The zero-order valence-corrected chi connectivity index (χ0v) is 43.2. The van der Waals surface area contributed by atoms with Gasteiger partial charge in [-0.15, -0.1) is 56.9 Å². The average Bonchev–Trinajstić information content (AvgIpc) is 3.83. The molecule has 2 fully saturated rings. The second kappa shape index (κ2) is 24.6. The van der Waals surface area contributed by atoms with E-state index in [9.17, 15) is 0 Å². The molecule has 0 aliphatic heterocycles. The van der Waals surface area contributed by atoms with Gasteiger partial charge in [-0.05, 0) is 85.5 Å². The summed E-state index contributed by atoms with van der Waals surface area (Å²) >= 11 is 1.74. The van der Waals surface area contributed by atoms with E-state index >= 15 is 0 Å². The quantitative estimate of drug-likeness (QED) is 0.0948. The van der Waals surface area contributed by atoms with Crippen molar-refractivity contribution in [1.82, 2.24) is 0 Å². The summed E-state index contributed by atoms with van der Waals surface area (Å²) in [6.45, 7) is 18.2. The van der Waals surface area contributed by atoms with Crippen LogP contribution < -0.4 is 24.8 Å². The van der Waals surface area contributed by atoms with Crippen molar-refractivity contribution >= 4 is 27.0 Å². The van der Waals surface area contributed by atoms with Gasteiger partial charge in [-0.2, -0.15) is 12.1 Å². The van der Waals surface area contributed by atoms with E-state index < -0.39 is 0 Å². The van der Waals surface area contributed by atoms with E-state index in [1.807, 2.05) is 0 Å². The Balaban J connectivity index is 0.000000236. The fourth-order valence-electron chi connectivity index (χ4n) is 9.68. The summed E-state index contributed by atoms with van der Waals surface area (Å²) in [7, 11) is 0. The fourth-order valence-corrected chi connectivity index (χ4v) is 9.68. The van der Waals surface area contributed by atoms with E-state index in [2.05, 4.69) is 152 Å². The Morgan fingerprint density at radius 3 is 1.20 bits per heavy atom. The van der Waals surface area contributed by atoms with Gasteiger partial charge in [0.05, 0.1) is 0 Å². The summed E-state index contributed by atoms with van der Waals surface area (Å²) in [5.41, 5.74) is 14.4. The number of hydrogen-bond acceptors (Lipinski definition) is 0. The average molecular weight is 935 g/mol. The van der Waals surface area contributed by atoms with E-state index in [0.717, 1.165) is 11.8 Å². The molecule has 320 valence electrons. The van der Waals surface area contributed by atoms with Gasteiger partial charge in [0.2, 0.25) is 0 Å². The summed E-state index contributed by atoms with van der Waals surface area (Å²) in [6.07, 6.45) is 19.2. The number of aryl methyl sites for hydroxylation is 2. The molecule has 0 heterocycles. The molecule has 6 aromatic carbocycles. The SMILES string of the molecule is CCC(C)c1ccc(-c2cc(C)cc3[cH-]c(CC4CCCCC4)cc23)cc1.CCC(C)c1ccc(-c2cc(C)cc3[cH-]c(CC4CCCCC4)cc23)cc1.C[Si](C)=[Zr+2].[Cl-].[Cl-]. The van der Waals surface area contributed by atoms with Crippen LogP contribution in [0.1, 0.15) is 150 Å². The molecule has 0 saturated heterocycles. The Morgan fingerprint density at radius 2 is 0.883 bits per heavy atom. The minimum Gasteiger partial charge on any atom is -1.00 e. The van der Waals surface area contributed by atoms with Crippen molar-refractivity contribution in [1.29, 1.82) is 0 Å². The number of rotatable bonds is 10. The van der Waals surface area contributed by atoms with Crippen LogP contribution in [0.5, 0.6) is 0 Å². The molecular formula is C56H72Cl2SiZr-2. The van der Waals surface area contributed by atoms with Crippen molar-refractivity contribution in [2.45, 2.75) is 156 Å². The Labute approximate surface area is 393 Å². The van der Waals surface area contributed by atoms with Gasteiger partial charge in [-0.25, -0.2) is 0 Å². The van der Waals surface area contributed by atoms with Crippen LogP contribution in [0.15, 0.2) is 97.1 Å². The van der Waals surface area contributed by atoms with E-state index in [4.69, 9.17) is 0 Å². The molecule has 0 N–H and O–H groups in total. The van der Waals surface area contributed by atoms with Crippen molar-refractivity contribution in [3.63, 3.8) is 0 Å². The topological polar surface area (TPSA) is 0 Å². The Kier molecular flexibility index (Phi) is 20.7. The van der Waals surface area contributed by atoms with Gasteiger partial charge in [-0.1, -0.05) is 175 Å². The Hall–Kier alpha value is -2.22. The summed E-state index contributed by atoms with van der Waals surface area (Å²) < 4.78 is 0. The van der Waals surface area contributed by atoms with Crippen LogP contribution in [0.3, 0.4) is 0 Å². The second-order valence-electron chi connectivity index (χ2n) is 18.6. The van der Waals surface area contributed by atoms with E-state index in [-0.39, 0.29) is 30.2 Å². The van der Waals surface area contributed by atoms with Crippen molar-refractivity contribution in [3.8, 4) is 22.3 Å². The third-order valence-corrected chi connectivity index (χ3v) is 13.4. The van der Waals surface area contributed by atoms with Gasteiger partial charge in [0.25, 0.3) is 0 Å². The third kappa shape index (κ3) is 13.9. The van der Waals surface area contributed by atoms with E-state index in [0.29, 0.717) is 11.8 Å². The first-order valence-electron chi connectivity index (χ1n) is 23.1. The van der Waals surface area contributed by atoms with Crippen LogP contribution in [0.25, 0.3) is 43.8 Å². The molecule has 2 aliphatic rings. The van der Waals surface area contributed by atoms with Crippen LogP contribution >= 0.6 is 0 Å². The monoisotopic (exact) mass is 932 g/mol. The first-order chi connectivity index (χ1) is 28.0. The molecule has 2 aliphatic carbocycles. The molecule has 0 bridgehead atoms. The smallest absolute Gasteiger partial charge is 1.00 e. The first-order valence-corrected chi connectivity index (χ1v) is 29.3. The molecule has 4 heteroatoms. The van der Waals surface area contributed by atoms with Crippen LogP contribution in [-0.4, -0.2) is 5.43 Å². The van der Waals surface area contributed by atoms with Crippen LogP contribution in [-0.2, 0) is 36.2 Å². The molecule has 2 atom stereocenters. The number of hydrogen-bond donors (Lipinski definition) is 0. The maximum absolute atomic E-state index is 2.47. The maximum atomic E-state index is 2.47. The third-order valence-electron chi connectivity index (χ3n) is 13.4. The molecule has 0 amide bonds. The van der Waals surface area contributed by atoms with E-state index in [1.54, 1.807) is 34.5 Å². The summed E-state index contributed by atoms with van der Waals surface area (Å²) in [5, 5.41) is 5.70. The second-order valence-corrected chi connectivity index (χ2v) is 28.0. The van der Waals surface area contributed by atoms with Crippen molar-refractivity contribution < 1.29 is 48.1 Å². The van der Waals surface area contributed by atoms with Gasteiger partial charge in [-0.3, -0.25) is 0 Å². The molecular weight excluding hydrogens is 863 g/mol. The fraction of sp³-hybridized carbons (Fsp3) is 0.464. The Bertz CT molecular complexity index is 2050. The normalized spacial score (nSPS) is 15.5. The first kappa shape index (κ1) is 50.4. The molecule has 2 unspecified atom stereocenters. The maximum Gasteiger partial charge on any atom is -1.00 e. The summed E-state index contributed by atoms with van der Waals surface area (Å²) in [6, 6.07) is 37.9. The predicted molar refractivity (Wildman–Crippen MR) is 255 cm³/mol. The largest absolute Gasteiger partial charge is 1.00 e. The number of halogens is 2. The van der Waals surface area contributed by atoms with Gasteiger partial charge in [0.15, 0.2) is 0 Å². The minimum atomic E-state index is 0. The van der Waals surface area contributed by atoms with Crippen molar-refractivity contribution in [2.24, 2.45) is 11.8 Å². The van der Waals surface area contributed by atoms with Crippen LogP contribution in [0, 0.1) is 25.7 Å². The minimum absolute atomic E-state index is 0. The molecule has 0 nitrogen and oxygen atoms in total. The van der Waals surface area contributed by atoms with Crippen LogP contribution in [0.2, 0.25) is 13.1 Å². The van der Waals surface area contributed by atoms with Gasteiger partial charge >= 0.3 is 41.9 Å². The van der Waals surface area contributed by atoms with Crippen molar-refractivity contribution in [2.75, 3.05) is 0 Å². The molecule has 6 aromatic rings. The van der Waals surface area contributed by atoms with Crippen molar-refractivity contribution in [3.05, 3.63) is 130 Å². The standard InChI is InChI=1S/2C27H33.C2H6Si.2ClH.Zr/c2*1-4-20(3)23-10-12-24(13-11-23)26-15-19(2)14-25-17-22(18-27(25)26)16-21-8-6-5-7-9-21;1-3-2;;;/h2*10-15,17-18,20-21H,4-9,16H2,1-3H3;1-2H3;2*1H;/q2*-1;;;;+2/p-2. The molecule has 0 radical (unpaired) electrons. The zero-order valence-electron chi connectivity index (χ0n) is 38.2. The molecule has 60 heavy (non-hydrogen) atoms. The molecule has 2 saturated carbocycles. The summed E-state index contributed by atoms with van der Waals surface area (Å²) in [5.74, 6) is 3.07. The number of fused-ring (bicyclic) bond motifs is 2. The zero-order chi connectivity index (χ0) is 41.2. The molecule has 0 aromatic heterocycles. The summed E-state index contributed by atoms with van der Waals surface area (Å²) in [4.78, 5) is 0. The Morgan fingerprint density at radius 1 is 0.550 bits per heavy atom. The van der Waals surface area contributed by atoms with Gasteiger partial charge in [0, 0.05) is 0 Å². The predicted octanol–water partition coefficient (Wildman–Crippen LogP) is 11.1. The molecule has 0 spiro atoms. The number of benzene rings is 4.